The zero-order valence-electron chi connectivity index (χ0n) is 16.4. The van der Waals surface area contributed by atoms with Gasteiger partial charge in [0.25, 0.3) is 0 Å². The Bertz CT molecular complexity index is 1120. The highest BCUT2D eigenvalue weighted by Crippen LogP contribution is 2.33. The number of hydrogen-bond donors (Lipinski definition) is 0. The Morgan fingerprint density at radius 2 is 1.73 bits per heavy atom. The van der Waals surface area contributed by atoms with Crippen LogP contribution in [0.4, 0.5) is 0 Å². The third kappa shape index (κ3) is 4.75. The maximum Gasteiger partial charge on any atom is 0.341 e. The van der Waals surface area contributed by atoms with Crippen molar-refractivity contribution in [2.24, 2.45) is 0 Å². The maximum atomic E-state index is 12.1. The fraction of sp³-hybridized carbons (Fsp3) is 0.0870. The quantitative estimate of drug-likeness (QED) is 0.321. The molecule has 3 aromatic rings. The van der Waals surface area contributed by atoms with Crippen LogP contribution in [0.2, 0.25) is 0 Å². The number of ether oxygens (including phenoxy) is 4. The van der Waals surface area contributed by atoms with Crippen LogP contribution in [0.3, 0.4) is 0 Å². The summed E-state index contributed by atoms with van der Waals surface area (Å²) < 4.78 is 21.6. The molecule has 0 unspecified atom stereocenters. The number of aromatic nitrogens is 1. The monoisotopic (exact) mass is 402 g/mol. The van der Waals surface area contributed by atoms with Gasteiger partial charge in [0.15, 0.2) is 0 Å². The Morgan fingerprint density at radius 1 is 1.00 bits per heavy atom. The Morgan fingerprint density at radius 3 is 2.47 bits per heavy atom. The summed E-state index contributed by atoms with van der Waals surface area (Å²) in [7, 11) is 2.73. The summed E-state index contributed by atoms with van der Waals surface area (Å²) in [6.07, 6.45) is 2.82. The summed E-state index contributed by atoms with van der Waals surface area (Å²) in [5.74, 6) is 0.943. The van der Waals surface area contributed by atoms with E-state index in [1.807, 2.05) is 0 Å². The van der Waals surface area contributed by atoms with Crippen LogP contribution in [0.5, 0.6) is 23.1 Å². The van der Waals surface area contributed by atoms with E-state index in [4.69, 9.17) is 18.9 Å². The predicted octanol–water partition coefficient (Wildman–Crippen LogP) is 4.70. The molecule has 0 aliphatic carbocycles. The minimum Gasteiger partial charge on any atom is -0.503 e. The lowest BCUT2D eigenvalue weighted by Crippen LogP contribution is -2.05. The van der Waals surface area contributed by atoms with Crippen molar-refractivity contribution in [3.63, 3.8) is 0 Å². The molecule has 0 radical (unpaired) electrons. The van der Waals surface area contributed by atoms with E-state index in [0.717, 1.165) is 0 Å². The minimum atomic E-state index is -0.556. The average Bonchev–Trinajstić information content (AvgIpc) is 2.78. The Kier molecular flexibility index (Phi) is 6.64. The van der Waals surface area contributed by atoms with Crippen molar-refractivity contribution >= 4 is 11.5 Å². The molecule has 0 atom stereocenters. The van der Waals surface area contributed by atoms with E-state index in [-0.39, 0.29) is 11.5 Å². The van der Waals surface area contributed by atoms with Crippen molar-refractivity contribution < 1.29 is 23.7 Å². The van der Waals surface area contributed by atoms with Gasteiger partial charge in [-0.25, -0.2) is 9.78 Å². The molecule has 150 valence electrons. The number of hydrogen-bond acceptors (Lipinski definition) is 7. The second kappa shape index (κ2) is 9.75. The van der Waals surface area contributed by atoms with Gasteiger partial charge in [-0.15, -0.1) is 0 Å². The fourth-order valence-electron chi connectivity index (χ4n) is 2.63. The fourth-order valence-corrected chi connectivity index (χ4v) is 2.63. The summed E-state index contributed by atoms with van der Waals surface area (Å²) in [4.78, 5) is 16.3. The van der Waals surface area contributed by atoms with Crippen LogP contribution in [-0.2, 0) is 14.3 Å². The molecule has 7 heteroatoms. The molecular weight excluding hydrogens is 384 g/mol. The van der Waals surface area contributed by atoms with Crippen molar-refractivity contribution in [1.29, 1.82) is 5.26 Å². The number of para-hydroxylation sites is 2. The molecular formula is C23H18N2O5. The molecule has 0 aliphatic heterocycles. The van der Waals surface area contributed by atoms with Crippen molar-refractivity contribution in [3.8, 4) is 29.2 Å². The molecule has 0 N–H and O–H groups in total. The Hall–Kier alpha value is -4.31. The van der Waals surface area contributed by atoms with Crippen LogP contribution in [-0.4, -0.2) is 25.2 Å². The number of nitriles is 1. The molecule has 1 heterocycles. The van der Waals surface area contributed by atoms with Crippen LogP contribution in [0.15, 0.2) is 73.1 Å². The number of carbonyl (C=O) groups is 1. The van der Waals surface area contributed by atoms with Crippen molar-refractivity contribution in [2.75, 3.05) is 14.2 Å². The lowest BCUT2D eigenvalue weighted by atomic mass is 10.1. The van der Waals surface area contributed by atoms with Gasteiger partial charge in [-0.05, 0) is 24.3 Å². The first-order valence-electron chi connectivity index (χ1n) is 8.88. The third-order valence-electron chi connectivity index (χ3n) is 3.97. The molecule has 2 aromatic carbocycles. The second-order valence-electron chi connectivity index (χ2n) is 5.90. The first kappa shape index (κ1) is 20.4. The van der Waals surface area contributed by atoms with Gasteiger partial charge in [0.1, 0.15) is 28.9 Å². The zero-order chi connectivity index (χ0) is 21.3. The van der Waals surface area contributed by atoms with E-state index >= 15 is 0 Å². The standard InChI is InChI=1S/C23H18N2O5/c1-27-15-19(23(26)28-2)18-8-4-6-10-21(18)29-17-11-12-25-22(13-17)30-20-9-5-3-7-16(20)14-24/h3-13,15H,1-2H3/b19-15+. The summed E-state index contributed by atoms with van der Waals surface area (Å²) in [6.45, 7) is 0. The van der Waals surface area contributed by atoms with Gasteiger partial charge in [-0.1, -0.05) is 30.3 Å². The summed E-state index contributed by atoms with van der Waals surface area (Å²) in [5, 5.41) is 9.21. The van der Waals surface area contributed by atoms with Gasteiger partial charge in [0.2, 0.25) is 5.88 Å². The lowest BCUT2D eigenvalue weighted by molar-refractivity contribution is -0.133. The molecule has 3 rings (SSSR count). The number of rotatable bonds is 7. The SMILES string of the molecule is CO/C=C(/C(=O)OC)c1ccccc1Oc1ccnc(Oc2ccccc2C#N)c1. The van der Waals surface area contributed by atoms with E-state index in [1.165, 1.54) is 26.7 Å². The Labute approximate surface area is 173 Å². The van der Waals surface area contributed by atoms with Gasteiger partial charge < -0.3 is 18.9 Å². The van der Waals surface area contributed by atoms with Crippen molar-refractivity contribution in [2.45, 2.75) is 0 Å². The number of benzene rings is 2. The Balaban J connectivity index is 1.90. The van der Waals surface area contributed by atoms with E-state index in [1.54, 1.807) is 60.7 Å². The highest BCUT2D eigenvalue weighted by atomic mass is 16.5. The van der Waals surface area contributed by atoms with Crippen LogP contribution in [0.25, 0.3) is 5.57 Å². The molecule has 1 aromatic heterocycles. The van der Waals surface area contributed by atoms with Gasteiger partial charge in [0, 0.05) is 17.8 Å². The van der Waals surface area contributed by atoms with E-state index in [9.17, 15) is 10.1 Å². The number of carbonyl (C=O) groups excluding carboxylic acids is 1. The molecule has 7 nitrogen and oxygen atoms in total. The average molecular weight is 402 g/mol. The van der Waals surface area contributed by atoms with Crippen LogP contribution < -0.4 is 9.47 Å². The lowest BCUT2D eigenvalue weighted by Gasteiger charge is -2.13. The largest absolute Gasteiger partial charge is 0.503 e. The van der Waals surface area contributed by atoms with E-state index < -0.39 is 5.97 Å². The number of esters is 1. The number of methoxy groups -OCH3 is 2. The van der Waals surface area contributed by atoms with Gasteiger partial charge in [0.05, 0.1) is 26.0 Å². The normalized spacial score (nSPS) is 10.6. The third-order valence-corrected chi connectivity index (χ3v) is 3.97. The van der Waals surface area contributed by atoms with E-state index in [2.05, 4.69) is 11.1 Å². The van der Waals surface area contributed by atoms with Crippen LogP contribution >= 0.6 is 0 Å². The van der Waals surface area contributed by atoms with E-state index in [0.29, 0.717) is 28.4 Å². The molecule has 0 spiro atoms. The molecule has 30 heavy (non-hydrogen) atoms. The number of pyridine rings is 1. The number of nitrogens with zero attached hydrogens (tertiary/aromatic N) is 2. The van der Waals surface area contributed by atoms with Gasteiger partial charge >= 0.3 is 5.97 Å². The van der Waals surface area contributed by atoms with Gasteiger partial charge in [-0.2, -0.15) is 5.26 Å². The topological polar surface area (TPSA) is 90.7 Å². The summed E-state index contributed by atoms with van der Waals surface area (Å²) in [6, 6.07) is 19.2. The molecule has 0 fully saturated rings. The van der Waals surface area contributed by atoms with Crippen molar-refractivity contribution in [3.05, 3.63) is 84.2 Å². The molecule has 0 amide bonds. The van der Waals surface area contributed by atoms with Gasteiger partial charge in [-0.3, -0.25) is 0 Å². The highest BCUT2D eigenvalue weighted by molar-refractivity contribution is 6.17. The van der Waals surface area contributed by atoms with Crippen molar-refractivity contribution in [1.82, 2.24) is 4.98 Å². The molecule has 0 aliphatic rings. The van der Waals surface area contributed by atoms with Crippen LogP contribution in [0.1, 0.15) is 11.1 Å². The first-order chi connectivity index (χ1) is 14.7. The predicted molar refractivity (Wildman–Crippen MR) is 109 cm³/mol. The highest BCUT2D eigenvalue weighted by Gasteiger charge is 2.18. The summed E-state index contributed by atoms with van der Waals surface area (Å²) in [5.41, 5.74) is 1.10. The smallest absolute Gasteiger partial charge is 0.341 e. The zero-order valence-corrected chi connectivity index (χ0v) is 16.4. The molecule has 0 saturated heterocycles. The minimum absolute atomic E-state index is 0.212. The molecule has 0 saturated carbocycles. The maximum absolute atomic E-state index is 12.1. The molecule has 0 bridgehead atoms. The van der Waals surface area contributed by atoms with Crippen LogP contribution in [0, 0.1) is 11.3 Å². The first-order valence-corrected chi connectivity index (χ1v) is 8.88. The second-order valence-corrected chi connectivity index (χ2v) is 5.90. The summed E-state index contributed by atoms with van der Waals surface area (Å²) >= 11 is 0.